The van der Waals surface area contributed by atoms with E-state index in [-0.39, 0.29) is 29.4 Å². The highest BCUT2D eigenvalue weighted by atomic mass is 19.1. The SMILES string of the molecule is N#Cc1ccc2c(c1)C(CCNC(=O)c1cc(Cc3cc(F)ccc3F)on1)CN2. The molecule has 2 aromatic carbocycles. The fraction of sp³-hybridized carbons (Fsp3) is 0.227. The Morgan fingerprint density at radius 2 is 2.13 bits per heavy atom. The predicted octanol–water partition coefficient (Wildman–Crippen LogP) is 3.74. The third-order valence-electron chi connectivity index (χ3n) is 5.10. The van der Waals surface area contributed by atoms with E-state index in [0.29, 0.717) is 18.5 Å². The van der Waals surface area contributed by atoms with Gasteiger partial charge in [0, 0.05) is 37.2 Å². The minimum atomic E-state index is -0.552. The molecule has 2 heterocycles. The van der Waals surface area contributed by atoms with Gasteiger partial charge in [-0.1, -0.05) is 5.16 Å². The van der Waals surface area contributed by atoms with Gasteiger partial charge in [0.05, 0.1) is 11.6 Å². The van der Waals surface area contributed by atoms with Crippen molar-refractivity contribution in [1.29, 1.82) is 5.26 Å². The fourth-order valence-corrected chi connectivity index (χ4v) is 3.55. The van der Waals surface area contributed by atoms with Crippen molar-refractivity contribution in [2.45, 2.75) is 18.8 Å². The van der Waals surface area contributed by atoms with Crippen LogP contribution in [0.4, 0.5) is 14.5 Å². The van der Waals surface area contributed by atoms with E-state index in [1.807, 2.05) is 12.1 Å². The normalized spacial score (nSPS) is 14.6. The predicted molar refractivity (Wildman–Crippen MR) is 105 cm³/mol. The highest BCUT2D eigenvalue weighted by Gasteiger charge is 2.23. The molecule has 0 fully saturated rings. The Balaban J connectivity index is 1.33. The monoisotopic (exact) mass is 408 g/mol. The van der Waals surface area contributed by atoms with E-state index in [1.54, 1.807) is 6.07 Å². The van der Waals surface area contributed by atoms with Crippen LogP contribution in [0, 0.1) is 23.0 Å². The van der Waals surface area contributed by atoms with E-state index in [2.05, 4.69) is 21.9 Å². The Labute approximate surface area is 171 Å². The van der Waals surface area contributed by atoms with E-state index < -0.39 is 17.5 Å². The van der Waals surface area contributed by atoms with Gasteiger partial charge in [0.15, 0.2) is 5.69 Å². The number of nitrogens with one attached hydrogen (secondary N) is 2. The second kappa shape index (κ2) is 8.33. The number of halogens is 2. The van der Waals surface area contributed by atoms with Crippen LogP contribution in [0.1, 0.15) is 45.3 Å². The minimum absolute atomic E-state index is 0.00434. The molecule has 1 aliphatic rings. The molecule has 0 radical (unpaired) electrons. The van der Waals surface area contributed by atoms with Crippen LogP contribution in [0.3, 0.4) is 0 Å². The fourth-order valence-electron chi connectivity index (χ4n) is 3.55. The van der Waals surface area contributed by atoms with Crippen LogP contribution in [0.5, 0.6) is 0 Å². The number of hydrogen-bond donors (Lipinski definition) is 2. The number of carbonyl (C=O) groups excluding carboxylic acids is 1. The molecule has 0 bridgehead atoms. The van der Waals surface area contributed by atoms with Gasteiger partial charge in [0.1, 0.15) is 17.4 Å². The van der Waals surface area contributed by atoms with E-state index in [1.165, 1.54) is 6.07 Å². The summed E-state index contributed by atoms with van der Waals surface area (Å²) < 4.78 is 32.1. The third-order valence-corrected chi connectivity index (χ3v) is 5.10. The zero-order chi connectivity index (χ0) is 21.1. The lowest BCUT2D eigenvalue weighted by atomic mass is 9.96. The smallest absolute Gasteiger partial charge is 0.273 e. The first-order valence-corrected chi connectivity index (χ1v) is 9.49. The first-order chi connectivity index (χ1) is 14.5. The summed E-state index contributed by atoms with van der Waals surface area (Å²) in [6.07, 6.45) is 0.690. The lowest BCUT2D eigenvalue weighted by Gasteiger charge is -2.10. The summed E-state index contributed by atoms with van der Waals surface area (Å²) >= 11 is 0. The van der Waals surface area contributed by atoms with Gasteiger partial charge in [-0.2, -0.15) is 5.26 Å². The van der Waals surface area contributed by atoms with E-state index >= 15 is 0 Å². The van der Waals surface area contributed by atoms with Gasteiger partial charge < -0.3 is 15.2 Å². The zero-order valence-electron chi connectivity index (χ0n) is 15.9. The molecule has 0 saturated carbocycles. The van der Waals surface area contributed by atoms with Crippen LogP contribution in [0.25, 0.3) is 0 Å². The van der Waals surface area contributed by atoms with Gasteiger partial charge in [-0.3, -0.25) is 4.79 Å². The molecule has 6 nitrogen and oxygen atoms in total. The van der Waals surface area contributed by atoms with Crippen LogP contribution in [-0.2, 0) is 6.42 Å². The Morgan fingerprint density at radius 3 is 2.97 bits per heavy atom. The number of nitrogens with zero attached hydrogens (tertiary/aromatic N) is 2. The van der Waals surface area contributed by atoms with Crippen molar-refractivity contribution in [3.63, 3.8) is 0 Å². The third kappa shape index (κ3) is 4.15. The summed E-state index contributed by atoms with van der Waals surface area (Å²) in [5.74, 6) is -1.04. The summed E-state index contributed by atoms with van der Waals surface area (Å²) in [4.78, 5) is 12.3. The molecule has 1 aromatic heterocycles. The number of carbonyl (C=O) groups is 1. The van der Waals surface area contributed by atoms with Gasteiger partial charge >= 0.3 is 0 Å². The molecule has 3 aromatic rings. The number of fused-ring (bicyclic) bond motifs is 1. The summed E-state index contributed by atoms with van der Waals surface area (Å²) in [7, 11) is 0. The number of benzene rings is 2. The number of anilines is 1. The maximum Gasteiger partial charge on any atom is 0.273 e. The van der Waals surface area contributed by atoms with E-state index in [4.69, 9.17) is 9.78 Å². The van der Waals surface area contributed by atoms with Gasteiger partial charge in [0.2, 0.25) is 0 Å². The quantitative estimate of drug-likeness (QED) is 0.648. The van der Waals surface area contributed by atoms with Gasteiger partial charge in [-0.05, 0) is 53.9 Å². The molecule has 0 saturated heterocycles. The average molecular weight is 408 g/mol. The van der Waals surface area contributed by atoms with Crippen molar-refractivity contribution in [3.05, 3.63) is 82.2 Å². The van der Waals surface area contributed by atoms with Crippen molar-refractivity contribution in [3.8, 4) is 6.07 Å². The van der Waals surface area contributed by atoms with Gasteiger partial charge in [-0.15, -0.1) is 0 Å². The molecule has 0 spiro atoms. The molecule has 30 heavy (non-hydrogen) atoms. The molecule has 1 amide bonds. The summed E-state index contributed by atoms with van der Waals surface area (Å²) in [6, 6.07) is 12.3. The van der Waals surface area contributed by atoms with Crippen LogP contribution in [0.15, 0.2) is 47.0 Å². The molecule has 1 atom stereocenters. The molecule has 152 valence electrons. The molecule has 1 unspecified atom stereocenters. The standard InChI is InChI=1S/C22H18F2N4O2/c23-16-2-3-19(24)15(8-16)9-17-10-21(28-30-17)22(29)26-6-5-14-12-27-20-4-1-13(11-25)7-18(14)20/h1-4,7-8,10,14,27H,5-6,9,12H2,(H,26,29). The number of nitriles is 1. The molecular weight excluding hydrogens is 390 g/mol. The van der Waals surface area contributed by atoms with Crippen LogP contribution in [-0.4, -0.2) is 24.2 Å². The Kier molecular flexibility index (Phi) is 5.44. The number of hydrogen-bond acceptors (Lipinski definition) is 5. The number of rotatable bonds is 6. The molecule has 1 aliphatic heterocycles. The van der Waals surface area contributed by atoms with Gasteiger partial charge in [0.25, 0.3) is 5.91 Å². The average Bonchev–Trinajstić information content (AvgIpc) is 3.37. The lowest BCUT2D eigenvalue weighted by Crippen LogP contribution is -2.26. The molecule has 8 heteroatoms. The molecule has 0 aliphatic carbocycles. The van der Waals surface area contributed by atoms with Crippen molar-refractivity contribution in [2.75, 3.05) is 18.4 Å². The topological polar surface area (TPSA) is 91.0 Å². The van der Waals surface area contributed by atoms with Crippen LogP contribution >= 0.6 is 0 Å². The summed E-state index contributed by atoms with van der Waals surface area (Å²) in [5, 5.41) is 18.9. The van der Waals surface area contributed by atoms with E-state index in [9.17, 15) is 13.6 Å². The molecule has 2 N–H and O–H groups in total. The largest absolute Gasteiger partial charge is 0.384 e. The minimum Gasteiger partial charge on any atom is -0.384 e. The first-order valence-electron chi connectivity index (χ1n) is 9.49. The molecular formula is C22H18F2N4O2. The Hall–Kier alpha value is -3.73. The Morgan fingerprint density at radius 1 is 1.27 bits per heavy atom. The number of aromatic nitrogens is 1. The van der Waals surface area contributed by atoms with Crippen LogP contribution < -0.4 is 10.6 Å². The van der Waals surface area contributed by atoms with Gasteiger partial charge in [-0.25, -0.2) is 8.78 Å². The summed E-state index contributed by atoms with van der Waals surface area (Å²) in [6.45, 7) is 1.16. The Bertz CT molecular complexity index is 1140. The first kappa shape index (κ1) is 19.6. The maximum absolute atomic E-state index is 13.8. The second-order valence-corrected chi connectivity index (χ2v) is 7.13. The molecule has 4 rings (SSSR count). The maximum atomic E-state index is 13.8. The highest BCUT2D eigenvalue weighted by Crippen LogP contribution is 2.33. The van der Waals surface area contributed by atoms with Crippen molar-refractivity contribution in [2.24, 2.45) is 0 Å². The summed E-state index contributed by atoms with van der Waals surface area (Å²) in [5.41, 5.74) is 2.90. The van der Waals surface area contributed by atoms with E-state index in [0.717, 1.165) is 36.0 Å². The zero-order valence-corrected chi connectivity index (χ0v) is 15.9. The second-order valence-electron chi connectivity index (χ2n) is 7.13. The van der Waals surface area contributed by atoms with Crippen molar-refractivity contribution in [1.82, 2.24) is 10.5 Å². The van der Waals surface area contributed by atoms with Crippen molar-refractivity contribution < 1.29 is 18.1 Å². The van der Waals surface area contributed by atoms with Crippen molar-refractivity contribution >= 4 is 11.6 Å². The lowest BCUT2D eigenvalue weighted by molar-refractivity contribution is 0.0943. The number of amides is 1. The van der Waals surface area contributed by atoms with Crippen LogP contribution in [0.2, 0.25) is 0 Å². The highest BCUT2D eigenvalue weighted by molar-refractivity contribution is 5.92.